The summed E-state index contributed by atoms with van der Waals surface area (Å²) in [5.74, 6) is -7.34. The summed E-state index contributed by atoms with van der Waals surface area (Å²) in [6.07, 6.45) is -3.41. The Labute approximate surface area is 269 Å². The lowest BCUT2D eigenvalue weighted by Crippen LogP contribution is -2.65. The maximum atomic E-state index is 15.2. The van der Waals surface area contributed by atoms with Crippen LogP contribution in [0.4, 0.5) is 22.0 Å². The molecule has 13 heteroatoms. The molecule has 0 saturated heterocycles. The molecule has 1 amide bonds. The molecule has 252 valence electrons. The van der Waals surface area contributed by atoms with E-state index in [9.17, 15) is 36.3 Å². The lowest BCUT2D eigenvalue weighted by atomic mass is 9.50. The van der Waals surface area contributed by atoms with Gasteiger partial charge >= 0.3 is 12.1 Å². The Morgan fingerprint density at radius 1 is 1.00 bits per heavy atom. The van der Waals surface area contributed by atoms with Gasteiger partial charge in [0.1, 0.15) is 5.60 Å². The second-order valence-electron chi connectivity index (χ2n) is 13.5. The number of nitrogens with two attached hydrogens (primary N) is 1. The normalized spacial score (nSPS) is 29.5. The number of allylic oxidation sites excluding steroid dienone is 4. The molecule has 7 nitrogen and oxygen atoms in total. The Morgan fingerprint density at radius 2 is 1.66 bits per heavy atom. The fourth-order valence-corrected chi connectivity index (χ4v) is 9.18. The number of amides is 1. The molecule has 0 bridgehead atoms. The van der Waals surface area contributed by atoms with E-state index in [0.717, 1.165) is 16.7 Å². The molecule has 0 aliphatic heterocycles. The third-order valence-electron chi connectivity index (χ3n) is 11.0. The van der Waals surface area contributed by atoms with Crippen LogP contribution in [0.2, 0.25) is 0 Å². The van der Waals surface area contributed by atoms with Crippen LogP contribution in [0.3, 0.4) is 0 Å². The van der Waals surface area contributed by atoms with Gasteiger partial charge in [0.25, 0.3) is 5.91 Å². The molecule has 2 aromatic rings. The van der Waals surface area contributed by atoms with Gasteiger partial charge in [-0.05, 0) is 103 Å². The van der Waals surface area contributed by atoms with Crippen molar-refractivity contribution in [2.24, 2.45) is 22.4 Å². The number of primary sulfonamides is 1. The molecule has 5 atom stereocenters. The highest BCUT2D eigenvalue weighted by molar-refractivity contribution is 7.89. The summed E-state index contributed by atoms with van der Waals surface area (Å²) in [6, 6.07) is 12.1. The van der Waals surface area contributed by atoms with E-state index >= 15 is 8.78 Å². The smallest absolute Gasteiger partial charge is 0.383 e. The summed E-state index contributed by atoms with van der Waals surface area (Å²) in [5, 5.41) is 19.3. The molecule has 0 heterocycles. The first-order valence-corrected chi connectivity index (χ1v) is 17.1. The van der Waals surface area contributed by atoms with Crippen LogP contribution in [0, 0.1) is 17.3 Å². The lowest BCUT2D eigenvalue weighted by molar-refractivity contribution is -0.362. The highest BCUT2D eigenvalue weighted by Gasteiger charge is 2.79. The summed E-state index contributed by atoms with van der Waals surface area (Å²) >= 11 is 0. The molecule has 2 fully saturated rings. The van der Waals surface area contributed by atoms with Gasteiger partial charge in [-0.15, -0.1) is 0 Å². The van der Waals surface area contributed by atoms with Crippen molar-refractivity contribution in [1.82, 2.24) is 5.32 Å². The number of sulfonamides is 1. The molecule has 0 radical (unpaired) electrons. The maximum absolute atomic E-state index is 15.2. The molecule has 2 aromatic carbocycles. The summed E-state index contributed by atoms with van der Waals surface area (Å²) in [7, 11) is -3.86. The van der Waals surface area contributed by atoms with Gasteiger partial charge in [0.2, 0.25) is 10.0 Å². The average molecular weight is 679 g/mol. The Morgan fingerprint density at radius 3 is 2.28 bits per heavy atom. The van der Waals surface area contributed by atoms with Crippen LogP contribution in [-0.4, -0.2) is 42.9 Å². The molecule has 6 rings (SSSR count). The highest BCUT2D eigenvalue weighted by atomic mass is 32.2. The number of halogens is 5. The van der Waals surface area contributed by atoms with Gasteiger partial charge < -0.3 is 10.4 Å². The number of benzene rings is 2. The van der Waals surface area contributed by atoms with E-state index in [0.29, 0.717) is 30.4 Å². The van der Waals surface area contributed by atoms with E-state index in [1.165, 1.54) is 31.2 Å². The first kappa shape index (κ1) is 33.5. The van der Waals surface area contributed by atoms with Crippen LogP contribution >= 0.6 is 0 Å². The van der Waals surface area contributed by atoms with E-state index in [1.807, 2.05) is 0 Å². The third kappa shape index (κ3) is 5.44. The summed E-state index contributed by atoms with van der Waals surface area (Å²) in [4.78, 5) is 25.2. The van der Waals surface area contributed by atoms with Crippen molar-refractivity contribution in [3.05, 3.63) is 88.0 Å². The van der Waals surface area contributed by atoms with Crippen LogP contribution in [0.15, 0.2) is 76.2 Å². The van der Waals surface area contributed by atoms with Gasteiger partial charge in [0, 0.05) is 29.9 Å². The number of alkyl halides is 5. The van der Waals surface area contributed by atoms with Crippen molar-refractivity contribution in [2.45, 2.75) is 86.9 Å². The minimum atomic E-state index is -5.93. The number of aliphatic hydroxyl groups is 1. The molecule has 2 saturated carbocycles. The van der Waals surface area contributed by atoms with Crippen LogP contribution < -0.4 is 10.5 Å². The molecule has 0 spiro atoms. The molecule has 47 heavy (non-hydrogen) atoms. The molecular weight excluding hydrogens is 643 g/mol. The van der Waals surface area contributed by atoms with Gasteiger partial charge in [0.05, 0.1) is 4.90 Å². The van der Waals surface area contributed by atoms with Crippen LogP contribution in [0.25, 0.3) is 0 Å². The number of hydrogen-bond acceptors (Lipinski definition) is 5. The molecule has 4 aliphatic carbocycles. The Bertz CT molecular complexity index is 1790. The molecule has 0 aromatic heterocycles. The van der Waals surface area contributed by atoms with E-state index in [-0.39, 0.29) is 48.0 Å². The van der Waals surface area contributed by atoms with E-state index in [1.54, 1.807) is 30.3 Å². The zero-order valence-electron chi connectivity index (χ0n) is 25.5. The maximum Gasteiger partial charge on any atom is 0.456 e. The van der Waals surface area contributed by atoms with Gasteiger partial charge in [-0.1, -0.05) is 36.8 Å². The van der Waals surface area contributed by atoms with Gasteiger partial charge in [-0.3, -0.25) is 9.59 Å². The van der Waals surface area contributed by atoms with E-state index in [4.69, 9.17) is 5.14 Å². The number of ketones is 1. The van der Waals surface area contributed by atoms with Crippen molar-refractivity contribution in [1.29, 1.82) is 0 Å². The van der Waals surface area contributed by atoms with Crippen molar-refractivity contribution in [2.75, 3.05) is 0 Å². The topological polar surface area (TPSA) is 127 Å². The van der Waals surface area contributed by atoms with Crippen LogP contribution in [0.5, 0.6) is 0 Å². The molecule has 4 N–H and O–H groups in total. The predicted octanol–water partition coefficient (Wildman–Crippen LogP) is 6.09. The minimum Gasteiger partial charge on any atom is -0.383 e. The SMILES string of the molecule is C[C@]12C[C@H](c3ccc(C(=O)NCc4ccc(S(N)(=O)=O)cc4)cc3)C3=C4CCC(=O)C=C4CC[C@H]3[C@@H]1CC[C@@]2(O)C(F)(F)C(F)(F)F. The van der Waals surface area contributed by atoms with Gasteiger partial charge in [-0.2, -0.15) is 22.0 Å². The first-order valence-electron chi connectivity index (χ1n) is 15.5. The summed E-state index contributed by atoms with van der Waals surface area (Å²) < 4.78 is 94.8. The molecular formula is C34H35F5N2O5S. The van der Waals surface area contributed by atoms with Crippen molar-refractivity contribution in [3.8, 4) is 0 Å². The van der Waals surface area contributed by atoms with E-state index in [2.05, 4.69) is 5.32 Å². The van der Waals surface area contributed by atoms with E-state index < -0.39 is 57.3 Å². The van der Waals surface area contributed by atoms with Gasteiger partial charge in [-0.25, -0.2) is 13.6 Å². The third-order valence-corrected chi connectivity index (χ3v) is 12.0. The standard InChI is InChI=1S/C34H35F5N2O5S/c1-31-17-27(20-4-6-21(7-5-20)30(43)41-18-19-2-10-24(11-3-19)47(40,45)46)29-25-13-9-23(42)16-22(25)8-12-26(29)28(31)14-15-32(31,44)33(35,36)34(37,38)39/h2-7,10-11,16,26-28,44H,8-9,12-15,17-18H2,1H3,(H,41,43)(H2,40,45,46)/t26-,27+,28-,31-,32-/m0/s1. The largest absolute Gasteiger partial charge is 0.456 e. The first-order chi connectivity index (χ1) is 21.9. The fourth-order valence-electron chi connectivity index (χ4n) is 8.66. The minimum absolute atomic E-state index is 0.00391. The zero-order valence-corrected chi connectivity index (χ0v) is 26.4. The highest BCUT2D eigenvalue weighted by Crippen LogP contribution is 2.70. The number of fused-ring (bicyclic) bond motifs is 4. The average Bonchev–Trinajstić information content (AvgIpc) is 3.29. The lowest BCUT2D eigenvalue weighted by Gasteiger charge is -2.56. The second kappa shape index (κ2) is 11.3. The number of hydrogen-bond donors (Lipinski definition) is 3. The van der Waals surface area contributed by atoms with Crippen molar-refractivity contribution < 1.29 is 45.1 Å². The fraction of sp³-hybridized carbons (Fsp3) is 0.471. The number of rotatable bonds is 6. The monoisotopic (exact) mass is 678 g/mol. The van der Waals surface area contributed by atoms with Crippen molar-refractivity contribution in [3.63, 3.8) is 0 Å². The molecule has 4 aliphatic rings. The van der Waals surface area contributed by atoms with Gasteiger partial charge in [0.15, 0.2) is 5.78 Å². The summed E-state index contributed by atoms with van der Waals surface area (Å²) in [5.41, 5.74) is -0.776. The zero-order chi connectivity index (χ0) is 34.2. The molecule has 0 unspecified atom stereocenters. The Balaban J connectivity index is 1.32. The van der Waals surface area contributed by atoms with Crippen LogP contribution in [0.1, 0.15) is 79.3 Å². The van der Waals surface area contributed by atoms with Crippen LogP contribution in [-0.2, 0) is 21.4 Å². The quantitative estimate of drug-likeness (QED) is 0.319. The summed E-state index contributed by atoms with van der Waals surface area (Å²) in [6.45, 7) is 1.46. The Hall–Kier alpha value is -3.42. The predicted molar refractivity (Wildman–Crippen MR) is 162 cm³/mol. The van der Waals surface area contributed by atoms with Crippen molar-refractivity contribution >= 4 is 21.7 Å². The Kier molecular flexibility index (Phi) is 8.08. The number of nitrogens with one attached hydrogen (secondary N) is 1. The number of carbonyl (C=O) groups is 2. The number of carbonyl (C=O) groups excluding carboxylic acids is 2. The second-order valence-corrected chi connectivity index (χ2v) is 15.0.